The summed E-state index contributed by atoms with van der Waals surface area (Å²) in [5.74, 6) is 0. The number of nitrogens with one attached hydrogen (secondary N) is 1. The molecule has 0 heterocycles. The van der Waals surface area contributed by atoms with Gasteiger partial charge in [-0.3, -0.25) is 0 Å². The highest BCUT2D eigenvalue weighted by Crippen LogP contribution is 1.74. The molecule has 0 radical (unpaired) electrons. The first-order chi connectivity index (χ1) is 3.72. The van der Waals surface area contributed by atoms with Crippen LogP contribution in [0.1, 0.15) is 0 Å². The Labute approximate surface area is 48.6 Å². The maximum Gasteiger partial charge on any atom is 0.317 e. The SMILES string of the molecule is CNC(=O)N(C)CN. The normalized spacial score (nSPS) is 8.38. The summed E-state index contributed by atoms with van der Waals surface area (Å²) in [5, 5.41) is 2.42. The molecule has 0 aliphatic rings. The van der Waals surface area contributed by atoms with E-state index in [4.69, 9.17) is 5.73 Å². The van der Waals surface area contributed by atoms with Gasteiger partial charge in [0.2, 0.25) is 0 Å². The van der Waals surface area contributed by atoms with Gasteiger partial charge >= 0.3 is 6.03 Å². The second-order valence-corrected chi connectivity index (χ2v) is 1.44. The van der Waals surface area contributed by atoms with Crippen molar-refractivity contribution in [2.75, 3.05) is 20.8 Å². The molecular weight excluding hydrogens is 106 g/mol. The molecule has 0 aromatic rings. The third kappa shape index (κ3) is 1.79. The van der Waals surface area contributed by atoms with Crippen molar-refractivity contribution < 1.29 is 4.79 Å². The van der Waals surface area contributed by atoms with E-state index in [1.54, 1.807) is 14.1 Å². The molecule has 2 amide bonds. The summed E-state index contributed by atoms with van der Waals surface area (Å²) in [5.41, 5.74) is 5.11. The lowest BCUT2D eigenvalue weighted by atomic mass is 10.8. The Hall–Kier alpha value is -0.770. The third-order valence-corrected chi connectivity index (χ3v) is 0.834. The van der Waals surface area contributed by atoms with E-state index in [2.05, 4.69) is 5.32 Å². The van der Waals surface area contributed by atoms with E-state index in [1.807, 2.05) is 0 Å². The molecule has 0 aromatic heterocycles. The Kier molecular flexibility index (Phi) is 2.95. The van der Waals surface area contributed by atoms with Crippen molar-refractivity contribution >= 4 is 6.03 Å². The zero-order chi connectivity index (χ0) is 6.57. The summed E-state index contributed by atoms with van der Waals surface area (Å²) in [6.45, 7) is 0.250. The number of carbonyl (C=O) groups is 1. The van der Waals surface area contributed by atoms with Gasteiger partial charge in [-0.15, -0.1) is 0 Å². The lowest BCUT2D eigenvalue weighted by Crippen LogP contribution is -2.38. The van der Waals surface area contributed by atoms with Crippen LogP contribution in [0.15, 0.2) is 0 Å². The topological polar surface area (TPSA) is 58.4 Å². The minimum atomic E-state index is -0.160. The van der Waals surface area contributed by atoms with Crippen molar-refractivity contribution in [1.29, 1.82) is 0 Å². The number of hydrogen-bond acceptors (Lipinski definition) is 2. The summed E-state index contributed by atoms with van der Waals surface area (Å²) in [6, 6.07) is -0.160. The highest BCUT2D eigenvalue weighted by atomic mass is 16.2. The van der Waals surface area contributed by atoms with Crippen molar-refractivity contribution in [3.63, 3.8) is 0 Å². The Morgan fingerprint density at radius 1 is 1.88 bits per heavy atom. The Morgan fingerprint density at radius 3 is 2.50 bits per heavy atom. The predicted molar refractivity (Wildman–Crippen MR) is 31.3 cm³/mol. The van der Waals surface area contributed by atoms with Gasteiger partial charge in [0.05, 0.1) is 6.67 Å². The Balaban J connectivity index is 3.46. The van der Waals surface area contributed by atoms with E-state index in [0.29, 0.717) is 0 Å². The van der Waals surface area contributed by atoms with Gasteiger partial charge in [0.15, 0.2) is 0 Å². The predicted octanol–water partition coefficient (Wildman–Crippen LogP) is -0.826. The lowest BCUT2D eigenvalue weighted by molar-refractivity contribution is 0.212. The smallest absolute Gasteiger partial charge is 0.317 e. The molecule has 0 aromatic carbocycles. The molecule has 0 unspecified atom stereocenters. The molecule has 4 heteroatoms. The minimum absolute atomic E-state index is 0.160. The van der Waals surface area contributed by atoms with Crippen LogP contribution in [0.2, 0.25) is 0 Å². The molecule has 0 saturated carbocycles. The average molecular weight is 117 g/mol. The number of nitrogens with zero attached hydrogens (tertiary/aromatic N) is 1. The second kappa shape index (κ2) is 3.26. The second-order valence-electron chi connectivity index (χ2n) is 1.44. The molecule has 0 aliphatic heterocycles. The van der Waals surface area contributed by atoms with Gasteiger partial charge in [0, 0.05) is 14.1 Å². The van der Waals surface area contributed by atoms with E-state index in [1.165, 1.54) is 4.90 Å². The van der Waals surface area contributed by atoms with Crippen LogP contribution in [0.4, 0.5) is 4.79 Å². The first-order valence-electron chi connectivity index (χ1n) is 2.35. The molecular formula is C4H11N3O. The van der Waals surface area contributed by atoms with Crippen LogP contribution in [0, 0.1) is 0 Å². The zero-order valence-electron chi connectivity index (χ0n) is 5.14. The maximum atomic E-state index is 10.5. The quantitative estimate of drug-likeness (QED) is 0.440. The summed E-state index contributed by atoms with van der Waals surface area (Å²) in [7, 11) is 3.19. The van der Waals surface area contributed by atoms with Crippen molar-refractivity contribution in [2.24, 2.45) is 5.73 Å². The van der Waals surface area contributed by atoms with Crippen LogP contribution in [-0.2, 0) is 0 Å². The van der Waals surface area contributed by atoms with Crippen LogP contribution in [0.5, 0.6) is 0 Å². The van der Waals surface area contributed by atoms with Crippen molar-refractivity contribution in [3.8, 4) is 0 Å². The number of urea groups is 1. The molecule has 4 nitrogen and oxygen atoms in total. The number of amides is 2. The van der Waals surface area contributed by atoms with Gasteiger partial charge < -0.3 is 16.0 Å². The summed E-state index contributed by atoms with van der Waals surface area (Å²) in [6.07, 6.45) is 0. The van der Waals surface area contributed by atoms with Gasteiger partial charge in [-0.05, 0) is 0 Å². The minimum Gasteiger partial charge on any atom is -0.341 e. The zero-order valence-corrected chi connectivity index (χ0v) is 5.14. The van der Waals surface area contributed by atoms with E-state index in [0.717, 1.165) is 0 Å². The van der Waals surface area contributed by atoms with Gasteiger partial charge in [0.1, 0.15) is 0 Å². The summed E-state index contributed by atoms with van der Waals surface area (Å²) >= 11 is 0. The lowest BCUT2D eigenvalue weighted by Gasteiger charge is -2.11. The molecule has 0 rings (SSSR count). The first-order valence-corrected chi connectivity index (χ1v) is 2.35. The van der Waals surface area contributed by atoms with Gasteiger partial charge in [0.25, 0.3) is 0 Å². The van der Waals surface area contributed by atoms with Crippen LogP contribution >= 0.6 is 0 Å². The molecule has 0 fully saturated rings. The highest BCUT2D eigenvalue weighted by molar-refractivity contribution is 5.73. The standard InChI is InChI=1S/C4H11N3O/c1-6-4(8)7(2)3-5/h3,5H2,1-2H3,(H,6,8). The maximum absolute atomic E-state index is 10.5. The van der Waals surface area contributed by atoms with Crippen LogP contribution < -0.4 is 11.1 Å². The van der Waals surface area contributed by atoms with E-state index < -0.39 is 0 Å². The average Bonchev–Trinajstić information content (AvgIpc) is 1.84. The van der Waals surface area contributed by atoms with Crippen LogP contribution in [-0.4, -0.2) is 31.7 Å². The van der Waals surface area contributed by atoms with Gasteiger partial charge in [-0.2, -0.15) is 0 Å². The Bertz CT molecular complexity index is 83.4. The molecule has 48 valence electrons. The molecule has 8 heavy (non-hydrogen) atoms. The number of hydrogen-bond donors (Lipinski definition) is 2. The van der Waals surface area contributed by atoms with Crippen molar-refractivity contribution in [1.82, 2.24) is 10.2 Å². The molecule has 0 spiro atoms. The van der Waals surface area contributed by atoms with Crippen LogP contribution in [0.25, 0.3) is 0 Å². The largest absolute Gasteiger partial charge is 0.341 e. The Morgan fingerprint density at radius 2 is 2.38 bits per heavy atom. The monoisotopic (exact) mass is 117 g/mol. The molecule has 0 atom stereocenters. The van der Waals surface area contributed by atoms with Gasteiger partial charge in [-0.1, -0.05) is 0 Å². The van der Waals surface area contributed by atoms with Crippen molar-refractivity contribution in [3.05, 3.63) is 0 Å². The fourth-order valence-electron chi connectivity index (χ4n) is 0.274. The van der Waals surface area contributed by atoms with E-state index in [9.17, 15) is 4.79 Å². The molecule has 3 N–H and O–H groups in total. The first kappa shape index (κ1) is 7.23. The van der Waals surface area contributed by atoms with Crippen LogP contribution in [0.3, 0.4) is 0 Å². The molecule has 0 aliphatic carbocycles. The fourth-order valence-corrected chi connectivity index (χ4v) is 0.274. The number of rotatable bonds is 1. The molecule has 0 bridgehead atoms. The van der Waals surface area contributed by atoms with E-state index in [-0.39, 0.29) is 12.7 Å². The number of carbonyl (C=O) groups excluding carboxylic acids is 1. The van der Waals surface area contributed by atoms with Crippen molar-refractivity contribution in [2.45, 2.75) is 0 Å². The van der Waals surface area contributed by atoms with Gasteiger partial charge in [-0.25, -0.2) is 4.79 Å². The fraction of sp³-hybridized carbons (Fsp3) is 0.750. The summed E-state index contributed by atoms with van der Waals surface area (Å²) < 4.78 is 0. The molecule has 0 saturated heterocycles. The highest BCUT2D eigenvalue weighted by Gasteiger charge is 1.99. The third-order valence-electron chi connectivity index (χ3n) is 0.834. The van der Waals surface area contributed by atoms with E-state index >= 15 is 0 Å². The number of nitrogens with two attached hydrogens (primary N) is 1. The summed E-state index contributed by atoms with van der Waals surface area (Å²) in [4.78, 5) is 11.9.